The first kappa shape index (κ1) is 10.9. The monoisotopic (exact) mass is 237 g/mol. The van der Waals surface area contributed by atoms with Crippen LogP contribution in [0.3, 0.4) is 0 Å². The third kappa shape index (κ3) is 2.91. The van der Waals surface area contributed by atoms with Crippen LogP contribution in [0, 0.1) is 6.92 Å². The molecule has 80 valence electrons. The fourth-order valence-corrected chi connectivity index (χ4v) is 3.07. The summed E-state index contributed by atoms with van der Waals surface area (Å²) >= 11 is 3.68. The van der Waals surface area contributed by atoms with Crippen LogP contribution in [0.25, 0.3) is 0 Å². The van der Waals surface area contributed by atoms with Gasteiger partial charge in [0.1, 0.15) is 0 Å². The lowest BCUT2D eigenvalue weighted by Gasteiger charge is -2.10. The number of nitrogens with one attached hydrogen (secondary N) is 1. The second-order valence-corrected chi connectivity index (χ2v) is 5.98. The van der Waals surface area contributed by atoms with Gasteiger partial charge in [-0.25, -0.2) is 0 Å². The zero-order valence-corrected chi connectivity index (χ0v) is 10.6. The minimum absolute atomic E-state index is 0.451. The van der Waals surface area contributed by atoms with E-state index in [1.54, 1.807) is 0 Å². The summed E-state index contributed by atoms with van der Waals surface area (Å²) in [5.41, 5.74) is 0. The van der Waals surface area contributed by atoms with Gasteiger partial charge in [0.25, 0.3) is 0 Å². The number of thiophene rings is 2. The molecule has 1 nitrogen and oxygen atoms in total. The first-order chi connectivity index (χ1) is 7.25. The molecule has 0 spiro atoms. The summed E-state index contributed by atoms with van der Waals surface area (Å²) in [5, 5.41) is 5.66. The molecule has 0 bridgehead atoms. The van der Waals surface area contributed by atoms with Crippen LogP contribution in [0.1, 0.15) is 27.6 Å². The lowest BCUT2D eigenvalue weighted by Crippen LogP contribution is -2.16. The van der Waals surface area contributed by atoms with Gasteiger partial charge in [0.15, 0.2) is 0 Å². The molecular weight excluding hydrogens is 222 g/mol. The van der Waals surface area contributed by atoms with Gasteiger partial charge in [0.2, 0.25) is 0 Å². The number of aryl methyl sites for hydroxylation is 1. The summed E-state index contributed by atoms with van der Waals surface area (Å²) < 4.78 is 0. The van der Waals surface area contributed by atoms with Crippen molar-refractivity contribution >= 4 is 22.7 Å². The highest BCUT2D eigenvalue weighted by atomic mass is 32.1. The van der Waals surface area contributed by atoms with Gasteiger partial charge < -0.3 is 5.32 Å². The summed E-state index contributed by atoms with van der Waals surface area (Å²) in [6.45, 7) is 5.33. The molecule has 0 saturated carbocycles. The fourth-order valence-electron chi connectivity index (χ4n) is 1.47. The van der Waals surface area contributed by atoms with E-state index in [-0.39, 0.29) is 0 Å². The van der Waals surface area contributed by atoms with E-state index < -0.39 is 0 Å². The molecule has 1 unspecified atom stereocenters. The van der Waals surface area contributed by atoms with Crippen molar-refractivity contribution in [3.63, 3.8) is 0 Å². The van der Waals surface area contributed by atoms with Crippen molar-refractivity contribution in [3.05, 3.63) is 44.3 Å². The Morgan fingerprint density at radius 1 is 1.33 bits per heavy atom. The van der Waals surface area contributed by atoms with Gasteiger partial charge in [-0.15, -0.1) is 22.7 Å². The highest BCUT2D eigenvalue weighted by molar-refractivity contribution is 7.11. The summed E-state index contributed by atoms with van der Waals surface area (Å²) in [7, 11) is 0. The van der Waals surface area contributed by atoms with Gasteiger partial charge >= 0.3 is 0 Å². The van der Waals surface area contributed by atoms with E-state index in [0.717, 1.165) is 6.54 Å². The van der Waals surface area contributed by atoms with Crippen LogP contribution >= 0.6 is 22.7 Å². The van der Waals surface area contributed by atoms with Crippen LogP contribution in [0.4, 0.5) is 0 Å². The minimum atomic E-state index is 0.451. The molecule has 0 fully saturated rings. The molecule has 0 radical (unpaired) electrons. The zero-order valence-electron chi connectivity index (χ0n) is 8.99. The maximum atomic E-state index is 3.54. The van der Waals surface area contributed by atoms with Crippen molar-refractivity contribution < 1.29 is 0 Å². The molecule has 0 aromatic carbocycles. The number of rotatable bonds is 4. The van der Waals surface area contributed by atoms with Crippen molar-refractivity contribution in [1.29, 1.82) is 0 Å². The Morgan fingerprint density at radius 3 is 2.80 bits per heavy atom. The van der Waals surface area contributed by atoms with Gasteiger partial charge in [-0.2, -0.15) is 0 Å². The van der Waals surface area contributed by atoms with Gasteiger partial charge in [-0.05, 0) is 37.4 Å². The van der Waals surface area contributed by atoms with Crippen LogP contribution in [-0.2, 0) is 6.54 Å². The molecule has 3 heteroatoms. The zero-order chi connectivity index (χ0) is 10.7. The lowest BCUT2D eigenvalue weighted by atomic mass is 10.3. The summed E-state index contributed by atoms with van der Waals surface area (Å²) in [6, 6.07) is 9.12. The Hall–Kier alpha value is -0.640. The minimum Gasteiger partial charge on any atom is -0.305 e. The normalized spacial score (nSPS) is 12.9. The Labute approximate surface area is 98.8 Å². The summed E-state index contributed by atoms with van der Waals surface area (Å²) in [4.78, 5) is 4.20. The number of hydrogen-bond donors (Lipinski definition) is 1. The molecule has 2 heterocycles. The van der Waals surface area contributed by atoms with Gasteiger partial charge in [0, 0.05) is 27.2 Å². The Bertz CT molecular complexity index is 403. The molecule has 2 aromatic rings. The molecule has 1 atom stereocenters. The molecular formula is C12H15NS2. The van der Waals surface area contributed by atoms with Crippen molar-refractivity contribution in [2.24, 2.45) is 0 Å². The highest BCUT2D eigenvalue weighted by Crippen LogP contribution is 2.20. The second-order valence-electron chi connectivity index (χ2n) is 3.63. The quantitative estimate of drug-likeness (QED) is 0.848. The van der Waals surface area contributed by atoms with E-state index in [4.69, 9.17) is 0 Å². The van der Waals surface area contributed by atoms with Crippen molar-refractivity contribution in [2.75, 3.05) is 0 Å². The molecule has 2 rings (SSSR count). The molecule has 0 amide bonds. The molecule has 2 aromatic heterocycles. The van der Waals surface area contributed by atoms with Crippen LogP contribution in [0.5, 0.6) is 0 Å². The van der Waals surface area contributed by atoms with E-state index in [2.05, 4.69) is 48.8 Å². The largest absolute Gasteiger partial charge is 0.305 e. The summed E-state index contributed by atoms with van der Waals surface area (Å²) in [6.07, 6.45) is 0. The Morgan fingerprint density at radius 2 is 2.20 bits per heavy atom. The second kappa shape index (κ2) is 4.92. The van der Waals surface area contributed by atoms with Gasteiger partial charge in [-0.1, -0.05) is 6.07 Å². The molecule has 15 heavy (non-hydrogen) atoms. The molecule has 0 aliphatic heterocycles. The average Bonchev–Trinajstić information content (AvgIpc) is 2.84. The van der Waals surface area contributed by atoms with E-state index >= 15 is 0 Å². The highest BCUT2D eigenvalue weighted by Gasteiger charge is 2.05. The van der Waals surface area contributed by atoms with E-state index in [0.29, 0.717) is 6.04 Å². The average molecular weight is 237 g/mol. The third-order valence-electron chi connectivity index (χ3n) is 2.35. The SMILES string of the molecule is Cc1ccc(CNC(C)c2cccs2)s1. The first-order valence-corrected chi connectivity index (χ1v) is 6.77. The van der Waals surface area contributed by atoms with E-state index in [1.165, 1.54) is 14.6 Å². The third-order valence-corrected chi connectivity index (χ3v) is 4.40. The topological polar surface area (TPSA) is 12.0 Å². The maximum Gasteiger partial charge on any atom is 0.0389 e. The van der Waals surface area contributed by atoms with Crippen LogP contribution in [-0.4, -0.2) is 0 Å². The standard InChI is InChI=1S/C12H15NS2/c1-9-5-6-11(15-9)8-13-10(2)12-4-3-7-14-12/h3-7,10,13H,8H2,1-2H3. The van der Waals surface area contributed by atoms with Crippen molar-refractivity contribution in [2.45, 2.75) is 26.4 Å². The van der Waals surface area contributed by atoms with Crippen molar-refractivity contribution in [3.8, 4) is 0 Å². The van der Waals surface area contributed by atoms with E-state index in [1.807, 2.05) is 22.7 Å². The molecule has 0 aliphatic carbocycles. The van der Waals surface area contributed by atoms with Crippen molar-refractivity contribution in [1.82, 2.24) is 5.32 Å². The maximum absolute atomic E-state index is 3.54. The molecule has 1 N–H and O–H groups in total. The Kier molecular flexibility index (Phi) is 3.57. The lowest BCUT2D eigenvalue weighted by molar-refractivity contribution is 0.587. The predicted molar refractivity (Wildman–Crippen MR) is 68.6 cm³/mol. The fraction of sp³-hybridized carbons (Fsp3) is 0.333. The van der Waals surface area contributed by atoms with Crippen LogP contribution in [0.2, 0.25) is 0 Å². The number of hydrogen-bond acceptors (Lipinski definition) is 3. The van der Waals surface area contributed by atoms with Gasteiger partial charge in [0.05, 0.1) is 0 Å². The molecule has 0 saturated heterocycles. The van der Waals surface area contributed by atoms with E-state index in [9.17, 15) is 0 Å². The van der Waals surface area contributed by atoms with Crippen LogP contribution in [0.15, 0.2) is 29.6 Å². The summed E-state index contributed by atoms with van der Waals surface area (Å²) in [5.74, 6) is 0. The molecule has 0 aliphatic rings. The first-order valence-electron chi connectivity index (χ1n) is 5.08. The smallest absolute Gasteiger partial charge is 0.0389 e. The van der Waals surface area contributed by atoms with Gasteiger partial charge in [-0.3, -0.25) is 0 Å². The Balaban J connectivity index is 1.88. The van der Waals surface area contributed by atoms with Crippen LogP contribution < -0.4 is 5.32 Å². The predicted octanol–water partition coefficient (Wildman–Crippen LogP) is 3.97.